The van der Waals surface area contributed by atoms with Crippen LogP contribution in [-0.2, 0) is 4.79 Å². The maximum atomic E-state index is 13.0. The summed E-state index contributed by atoms with van der Waals surface area (Å²) < 4.78 is 13.0. The van der Waals surface area contributed by atoms with Crippen LogP contribution in [0.15, 0.2) is 24.3 Å². The molecule has 2 rings (SSSR count). The first-order valence-electron chi connectivity index (χ1n) is 6.69. The number of amides is 2. The van der Waals surface area contributed by atoms with E-state index in [0.29, 0.717) is 24.5 Å². The Bertz CT molecular complexity index is 523. The lowest BCUT2D eigenvalue weighted by atomic mass is 10.2. The highest BCUT2D eigenvalue weighted by Crippen LogP contribution is 2.22. The first-order valence-corrected chi connectivity index (χ1v) is 7.84. The molecule has 0 saturated carbocycles. The van der Waals surface area contributed by atoms with Crippen LogP contribution in [-0.4, -0.2) is 52.6 Å². The number of urea groups is 1. The van der Waals surface area contributed by atoms with Crippen LogP contribution in [0, 0.1) is 5.82 Å². The minimum atomic E-state index is -0.995. The summed E-state index contributed by atoms with van der Waals surface area (Å²) in [6.45, 7) is 2.59. The van der Waals surface area contributed by atoms with Crippen molar-refractivity contribution in [2.75, 3.05) is 29.5 Å². The summed E-state index contributed by atoms with van der Waals surface area (Å²) in [6, 6.07) is 4.44. The second-order valence-electron chi connectivity index (χ2n) is 4.63. The number of carbonyl (C=O) groups is 2. The third kappa shape index (κ3) is 3.47. The molecule has 2 amide bonds. The molecule has 1 aromatic carbocycles. The highest BCUT2D eigenvalue weighted by Gasteiger charge is 2.34. The van der Waals surface area contributed by atoms with Crippen LogP contribution in [0.3, 0.4) is 0 Å². The molecule has 1 aromatic rings. The Hall–Kier alpha value is -1.76. The van der Waals surface area contributed by atoms with Gasteiger partial charge >= 0.3 is 12.0 Å². The Labute approximate surface area is 126 Å². The van der Waals surface area contributed by atoms with Crippen LogP contribution in [0.2, 0.25) is 0 Å². The van der Waals surface area contributed by atoms with Gasteiger partial charge in [-0.05, 0) is 31.2 Å². The number of hydrogen-bond acceptors (Lipinski definition) is 3. The molecular weight excluding hydrogens is 295 g/mol. The third-order valence-corrected chi connectivity index (χ3v) is 4.37. The van der Waals surface area contributed by atoms with E-state index in [4.69, 9.17) is 0 Å². The Morgan fingerprint density at radius 2 is 2.10 bits per heavy atom. The lowest BCUT2D eigenvalue weighted by Gasteiger charge is -2.36. The second-order valence-corrected chi connectivity index (χ2v) is 5.78. The molecule has 114 valence electrons. The fourth-order valence-electron chi connectivity index (χ4n) is 2.24. The Kier molecular flexibility index (Phi) is 5.06. The van der Waals surface area contributed by atoms with Gasteiger partial charge in [-0.2, -0.15) is 11.8 Å². The molecule has 1 aliphatic heterocycles. The smallest absolute Gasteiger partial charge is 0.327 e. The van der Waals surface area contributed by atoms with Crippen LogP contribution in [0.4, 0.5) is 14.9 Å². The second kappa shape index (κ2) is 6.80. The summed E-state index contributed by atoms with van der Waals surface area (Å²) in [5, 5.41) is 9.24. The van der Waals surface area contributed by atoms with Gasteiger partial charge in [0.25, 0.3) is 0 Å². The molecule has 1 fully saturated rings. The van der Waals surface area contributed by atoms with Gasteiger partial charge in [-0.1, -0.05) is 0 Å². The molecule has 0 bridgehead atoms. The number of carboxylic acids is 1. The van der Waals surface area contributed by atoms with Gasteiger partial charge in [0, 0.05) is 30.3 Å². The van der Waals surface area contributed by atoms with Gasteiger partial charge in [0.1, 0.15) is 11.9 Å². The number of halogens is 1. The number of aliphatic carboxylic acids is 1. The van der Waals surface area contributed by atoms with Crippen molar-refractivity contribution in [3.8, 4) is 0 Å². The normalized spacial score (nSPS) is 18.4. The van der Waals surface area contributed by atoms with Gasteiger partial charge in [-0.3, -0.25) is 4.90 Å². The lowest BCUT2D eigenvalue weighted by molar-refractivity contribution is -0.141. The molecule has 5 nitrogen and oxygen atoms in total. The molecule has 1 heterocycles. The summed E-state index contributed by atoms with van der Waals surface area (Å²) in [6.07, 6.45) is 0. The molecule has 21 heavy (non-hydrogen) atoms. The van der Waals surface area contributed by atoms with Gasteiger partial charge in [0.05, 0.1) is 0 Å². The summed E-state index contributed by atoms with van der Waals surface area (Å²) in [4.78, 5) is 26.7. The monoisotopic (exact) mass is 312 g/mol. The summed E-state index contributed by atoms with van der Waals surface area (Å²) in [5.74, 6) is -0.260. The zero-order chi connectivity index (χ0) is 15.4. The van der Waals surface area contributed by atoms with E-state index in [1.807, 2.05) is 0 Å². The average molecular weight is 312 g/mol. The maximum Gasteiger partial charge on any atom is 0.327 e. The van der Waals surface area contributed by atoms with E-state index in [9.17, 15) is 19.1 Å². The average Bonchev–Trinajstić information content (AvgIpc) is 2.49. The van der Waals surface area contributed by atoms with Gasteiger partial charge in [0.2, 0.25) is 0 Å². The number of hydrogen-bond donors (Lipinski definition) is 1. The minimum absolute atomic E-state index is 0.350. The van der Waals surface area contributed by atoms with Crippen LogP contribution in [0.5, 0.6) is 0 Å². The molecule has 0 spiro atoms. The van der Waals surface area contributed by atoms with Gasteiger partial charge in [-0.25, -0.2) is 14.0 Å². The number of thioether (sulfide) groups is 1. The predicted octanol–water partition coefficient (Wildman–Crippen LogP) is 2.27. The molecule has 1 atom stereocenters. The van der Waals surface area contributed by atoms with Crippen molar-refractivity contribution in [3.05, 3.63) is 30.1 Å². The van der Waals surface area contributed by atoms with Crippen molar-refractivity contribution >= 4 is 29.4 Å². The highest BCUT2D eigenvalue weighted by atomic mass is 32.2. The van der Waals surface area contributed by atoms with Crippen LogP contribution in [0.25, 0.3) is 0 Å². The van der Waals surface area contributed by atoms with E-state index in [0.717, 1.165) is 5.75 Å². The quantitative estimate of drug-likeness (QED) is 0.930. The number of carboxylic acid groups (broad SMARTS) is 1. The molecule has 1 unspecified atom stereocenters. The van der Waals surface area contributed by atoms with Crippen LogP contribution in [0.1, 0.15) is 6.92 Å². The van der Waals surface area contributed by atoms with Crippen molar-refractivity contribution in [3.63, 3.8) is 0 Å². The largest absolute Gasteiger partial charge is 0.480 e. The van der Waals surface area contributed by atoms with Crippen molar-refractivity contribution in [1.29, 1.82) is 0 Å². The third-order valence-electron chi connectivity index (χ3n) is 3.34. The van der Waals surface area contributed by atoms with Gasteiger partial charge < -0.3 is 10.0 Å². The summed E-state index contributed by atoms with van der Waals surface area (Å²) in [7, 11) is 0. The molecule has 1 saturated heterocycles. The van der Waals surface area contributed by atoms with Crippen molar-refractivity contribution in [2.45, 2.75) is 13.0 Å². The van der Waals surface area contributed by atoms with E-state index in [1.54, 1.807) is 6.92 Å². The van der Waals surface area contributed by atoms with E-state index in [1.165, 1.54) is 45.8 Å². The molecule has 7 heteroatoms. The van der Waals surface area contributed by atoms with E-state index >= 15 is 0 Å². The molecule has 1 aliphatic rings. The molecule has 0 radical (unpaired) electrons. The van der Waals surface area contributed by atoms with E-state index in [2.05, 4.69) is 0 Å². The number of anilines is 1. The van der Waals surface area contributed by atoms with Crippen molar-refractivity contribution < 1.29 is 19.1 Å². The topological polar surface area (TPSA) is 60.9 Å². The van der Waals surface area contributed by atoms with Crippen LogP contribution >= 0.6 is 11.8 Å². The number of nitrogens with zero attached hydrogens (tertiary/aromatic N) is 2. The minimum Gasteiger partial charge on any atom is -0.480 e. The zero-order valence-corrected chi connectivity index (χ0v) is 12.5. The molecule has 1 N–H and O–H groups in total. The van der Waals surface area contributed by atoms with E-state index < -0.39 is 12.0 Å². The first kappa shape index (κ1) is 15.6. The maximum absolute atomic E-state index is 13.0. The van der Waals surface area contributed by atoms with Gasteiger partial charge in [0.15, 0.2) is 0 Å². The first-order chi connectivity index (χ1) is 10.0. The molecule has 0 aromatic heterocycles. The van der Waals surface area contributed by atoms with Crippen molar-refractivity contribution in [2.24, 2.45) is 0 Å². The fourth-order valence-corrected chi connectivity index (χ4v) is 3.28. The standard InChI is InChI=1S/C14H17FN2O3S/c1-2-16(11-5-3-10(15)4-6-11)14(20)17-7-8-21-9-12(17)13(18)19/h3-6,12H,2,7-9H2,1H3,(H,18,19). The van der Waals surface area contributed by atoms with E-state index in [-0.39, 0.29) is 11.8 Å². The summed E-state index contributed by atoms with van der Waals surface area (Å²) in [5.41, 5.74) is 0.561. The highest BCUT2D eigenvalue weighted by molar-refractivity contribution is 7.99. The zero-order valence-electron chi connectivity index (χ0n) is 11.7. The SMILES string of the molecule is CCN(C(=O)N1CCSCC1C(=O)O)c1ccc(F)cc1. The lowest BCUT2D eigenvalue weighted by Crippen LogP contribution is -2.55. The summed E-state index contributed by atoms with van der Waals surface area (Å²) >= 11 is 1.53. The van der Waals surface area contributed by atoms with Crippen molar-refractivity contribution in [1.82, 2.24) is 4.90 Å². The van der Waals surface area contributed by atoms with Crippen LogP contribution < -0.4 is 4.90 Å². The Morgan fingerprint density at radius 3 is 2.67 bits per heavy atom. The fraction of sp³-hybridized carbons (Fsp3) is 0.429. The Balaban J connectivity index is 2.22. The number of benzene rings is 1. The Morgan fingerprint density at radius 1 is 1.43 bits per heavy atom. The molecule has 0 aliphatic carbocycles. The molecular formula is C14H17FN2O3S. The van der Waals surface area contributed by atoms with Gasteiger partial charge in [-0.15, -0.1) is 0 Å². The number of rotatable bonds is 3. The predicted molar refractivity (Wildman–Crippen MR) is 80.3 cm³/mol. The number of carbonyl (C=O) groups excluding carboxylic acids is 1.